The molecule has 0 radical (unpaired) electrons. The number of anilines is 1. The van der Waals surface area contributed by atoms with Gasteiger partial charge in [-0.25, -0.2) is 9.18 Å². The number of nitrogens with zero attached hydrogens (tertiary/aromatic N) is 3. The number of likely N-dealkylation sites (N-methyl/N-ethyl adjacent to an activating group) is 1. The van der Waals surface area contributed by atoms with Crippen molar-refractivity contribution in [3.8, 4) is 22.6 Å². The molecule has 1 aromatic heterocycles. The van der Waals surface area contributed by atoms with Crippen LogP contribution in [-0.4, -0.2) is 60.0 Å². The fourth-order valence-corrected chi connectivity index (χ4v) is 4.14. The maximum Gasteiger partial charge on any atom is 0.410 e. The van der Waals surface area contributed by atoms with Crippen LogP contribution in [0, 0.1) is 5.82 Å². The number of carbonyl (C=O) groups excluding carboxylic acids is 1. The molecular formula is C25H27ClFN3O4. The van der Waals surface area contributed by atoms with Crippen molar-refractivity contribution in [3.63, 3.8) is 0 Å². The Bertz CT molecular complexity index is 1220. The second kappa shape index (κ2) is 9.18. The van der Waals surface area contributed by atoms with Gasteiger partial charge in [0, 0.05) is 36.1 Å². The van der Waals surface area contributed by atoms with E-state index in [0.717, 1.165) is 11.1 Å². The van der Waals surface area contributed by atoms with Crippen LogP contribution in [0.1, 0.15) is 20.8 Å². The number of hydrogen-bond donors (Lipinski definition) is 1. The lowest BCUT2D eigenvalue weighted by Gasteiger charge is -2.33. The van der Waals surface area contributed by atoms with Gasteiger partial charge in [0.25, 0.3) is 0 Å². The van der Waals surface area contributed by atoms with Gasteiger partial charge in [-0.1, -0.05) is 17.7 Å². The number of carbonyl (C=O) groups is 1. The number of aromatic nitrogens is 1. The van der Waals surface area contributed by atoms with Crippen molar-refractivity contribution in [1.82, 2.24) is 9.88 Å². The van der Waals surface area contributed by atoms with Gasteiger partial charge >= 0.3 is 6.09 Å². The quantitative estimate of drug-likeness (QED) is 0.526. The maximum atomic E-state index is 14.5. The first-order valence-corrected chi connectivity index (χ1v) is 11.3. The smallest absolute Gasteiger partial charge is 0.410 e. The largest absolute Gasteiger partial charge is 0.507 e. The monoisotopic (exact) mass is 487 g/mol. The first kappa shape index (κ1) is 23.9. The van der Waals surface area contributed by atoms with Crippen molar-refractivity contribution in [2.75, 3.05) is 38.2 Å². The Labute approximate surface area is 202 Å². The maximum absolute atomic E-state index is 14.5. The van der Waals surface area contributed by atoms with Crippen LogP contribution in [0.2, 0.25) is 5.02 Å². The number of ether oxygens (including phenoxy) is 2. The van der Waals surface area contributed by atoms with Crippen LogP contribution in [0.15, 0.2) is 36.5 Å². The second-order valence-electron chi connectivity index (χ2n) is 9.19. The molecule has 1 aliphatic heterocycles. The summed E-state index contributed by atoms with van der Waals surface area (Å²) in [7, 11) is 1.70. The summed E-state index contributed by atoms with van der Waals surface area (Å²) in [5, 5.41) is 11.2. The van der Waals surface area contributed by atoms with Crippen molar-refractivity contribution in [1.29, 1.82) is 0 Å². The van der Waals surface area contributed by atoms with Crippen molar-refractivity contribution < 1.29 is 23.8 Å². The highest BCUT2D eigenvalue weighted by Gasteiger charge is 2.25. The van der Waals surface area contributed by atoms with E-state index in [1.165, 1.54) is 23.1 Å². The molecule has 2 aromatic carbocycles. The van der Waals surface area contributed by atoms with E-state index in [9.17, 15) is 14.3 Å². The van der Waals surface area contributed by atoms with Gasteiger partial charge in [0.1, 0.15) is 23.8 Å². The Balaban J connectivity index is 1.67. The van der Waals surface area contributed by atoms with Gasteiger partial charge in [0.15, 0.2) is 5.75 Å². The highest BCUT2D eigenvalue weighted by molar-refractivity contribution is 6.34. The summed E-state index contributed by atoms with van der Waals surface area (Å²) in [5.74, 6) is -0.167. The normalized spacial score (nSPS) is 13.4. The molecule has 0 unspecified atom stereocenters. The van der Waals surface area contributed by atoms with Gasteiger partial charge in [-0.2, -0.15) is 0 Å². The van der Waals surface area contributed by atoms with Crippen molar-refractivity contribution in [3.05, 3.63) is 47.4 Å². The van der Waals surface area contributed by atoms with Gasteiger partial charge < -0.3 is 24.4 Å². The summed E-state index contributed by atoms with van der Waals surface area (Å²) in [5.41, 5.74) is 1.20. The van der Waals surface area contributed by atoms with Crippen LogP contribution in [0.25, 0.3) is 22.0 Å². The molecule has 180 valence electrons. The molecule has 3 aromatic rings. The Hall–Kier alpha value is -3.26. The number of rotatable bonds is 4. The third kappa shape index (κ3) is 4.82. The van der Waals surface area contributed by atoms with Gasteiger partial charge in [-0.3, -0.25) is 4.98 Å². The number of aromatic hydroxyl groups is 1. The van der Waals surface area contributed by atoms with E-state index in [2.05, 4.69) is 9.88 Å². The van der Waals surface area contributed by atoms with Crippen LogP contribution >= 0.6 is 11.6 Å². The molecule has 1 aliphatic rings. The number of phenolic OH excluding ortho intramolecular Hbond substituents is 1. The molecule has 34 heavy (non-hydrogen) atoms. The summed E-state index contributed by atoms with van der Waals surface area (Å²) < 4.78 is 25.7. The first-order valence-electron chi connectivity index (χ1n) is 11.0. The Morgan fingerprint density at radius 3 is 2.82 bits per heavy atom. The van der Waals surface area contributed by atoms with Gasteiger partial charge in [-0.15, -0.1) is 0 Å². The minimum atomic E-state index is -0.575. The average molecular weight is 488 g/mol. The van der Waals surface area contributed by atoms with Crippen LogP contribution in [0.5, 0.6) is 11.5 Å². The number of halogens is 2. The molecule has 0 atom stereocenters. The predicted molar refractivity (Wildman–Crippen MR) is 130 cm³/mol. The summed E-state index contributed by atoms with van der Waals surface area (Å²) >= 11 is 6.57. The topological polar surface area (TPSA) is 75.1 Å². The van der Waals surface area contributed by atoms with Crippen LogP contribution in [0.4, 0.5) is 14.9 Å². The number of benzene rings is 2. The SMILES string of the molecule is CN(CCN1CCOc2cnc3cc(-c4c(O)cccc4F)c(Cl)cc3c21)C(=O)OC(C)(C)C. The van der Waals surface area contributed by atoms with Gasteiger partial charge in [-0.05, 0) is 45.0 Å². The lowest BCUT2D eigenvalue weighted by atomic mass is 10.0. The lowest BCUT2D eigenvalue weighted by molar-refractivity contribution is 0.0303. The highest BCUT2D eigenvalue weighted by Crippen LogP contribution is 2.43. The van der Waals surface area contributed by atoms with E-state index in [0.29, 0.717) is 43.1 Å². The zero-order chi connectivity index (χ0) is 24.6. The molecule has 0 bridgehead atoms. The van der Waals surface area contributed by atoms with Crippen molar-refractivity contribution in [2.45, 2.75) is 26.4 Å². The van der Waals surface area contributed by atoms with Gasteiger partial charge in [0.05, 0.1) is 29.5 Å². The molecule has 2 heterocycles. The minimum absolute atomic E-state index is 0.0287. The fraction of sp³-hybridized carbons (Fsp3) is 0.360. The van der Waals surface area contributed by atoms with E-state index in [1.54, 1.807) is 25.4 Å². The second-order valence-corrected chi connectivity index (χ2v) is 9.60. The molecule has 1 N–H and O–H groups in total. The number of hydrogen-bond acceptors (Lipinski definition) is 6. The average Bonchev–Trinajstić information content (AvgIpc) is 2.76. The molecule has 1 amide bonds. The molecule has 0 fully saturated rings. The molecule has 4 rings (SSSR count). The van der Waals surface area contributed by atoms with Crippen molar-refractivity contribution in [2.24, 2.45) is 0 Å². The Morgan fingerprint density at radius 2 is 2.12 bits per heavy atom. The zero-order valence-electron chi connectivity index (χ0n) is 19.6. The number of phenols is 1. The summed E-state index contributed by atoms with van der Waals surface area (Å²) in [4.78, 5) is 20.5. The molecule has 0 spiro atoms. The summed E-state index contributed by atoms with van der Waals surface area (Å²) in [6, 6.07) is 7.49. The highest BCUT2D eigenvalue weighted by atomic mass is 35.5. The number of pyridine rings is 1. The van der Waals surface area contributed by atoms with E-state index in [4.69, 9.17) is 21.1 Å². The van der Waals surface area contributed by atoms with E-state index in [-0.39, 0.29) is 16.3 Å². The third-order valence-corrected chi connectivity index (χ3v) is 5.81. The third-order valence-electron chi connectivity index (χ3n) is 5.50. The number of amides is 1. The van der Waals surface area contributed by atoms with Crippen LogP contribution in [-0.2, 0) is 4.74 Å². The fourth-order valence-electron chi connectivity index (χ4n) is 3.89. The molecular weight excluding hydrogens is 461 g/mol. The molecule has 0 saturated carbocycles. The minimum Gasteiger partial charge on any atom is -0.507 e. The van der Waals surface area contributed by atoms with E-state index < -0.39 is 17.5 Å². The molecule has 9 heteroatoms. The summed E-state index contributed by atoms with van der Waals surface area (Å²) in [6.45, 7) is 7.55. The molecule has 7 nitrogen and oxygen atoms in total. The lowest BCUT2D eigenvalue weighted by Crippen LogP contribution is -2.41. The Morgan fingerprint density at radius 1 is 1.35 bits per heavy atom. The van der Waals surface area contributed by atoms with E-state index >= 15 is 0 Å². The first-order chi connectivity index (χ1) is 16.0. The van der Waals surface area contributed by atoms with Crippen LogP contribution < -0.4 is 9.64 Å². The van der Waals surface area contributed by atoms with Crippen molar-refractivity contribution >= 4 is 34.3 Å². The Kier molecular flexibility index (Phi) is 6.45. The zero-order valence-corrected chi connectivity index (χ0v) is 20.3. The van der Waals surface area contributed by atoms with Crippen LogP contribution in [0.3, 0.4) is 0 Å². The standard InChI is InChI=1S/C25H27ClFN3O4/c1-25(2,3)34-24(32)29(4)8-9-30-10-11-33-21-14-28-19-13-15(17(26)12-16(19)23(21)30)22-18(27)6-5-7-20(22)31/h5-7,12-14,31H,8-11H2,1-4H3. The molecule has 0 saturated heterocycles. The van der Waals surface area contributed by atoms with E-state index in [1.807, 2.05) is 20.8 Å². The predicted octanol–water partition coefficient (Wildman–Crippen LogP) is 5.47. The summed E-state index contributed by atoms with van der Waals surface area (Å²) in [6.07, 6.45) is 1.23. The molecule has 0 aliphatic carbocycles. The number of fused-ring (bicyclic) bond motifs is 3. The van der Waals surface area contributed by atoms with Gasteiger partial charge in [0.2, 0.25) is 0 Å².